The van der Waals surface area contributed by atoms with Crippen molar-refractivity contribution in [3.63, 3.8) is 0 Å². The maximum Gasteiger partial charge on any atom is 0.185 e. The number of rotatable bonds is 12. The van der Waals surface area contributed by atoms with E-state index in [9.17, 15) is 4.79 Å². The summed E-state index contributed by atoms with van der Waals surface area (Å²) in [5.41, 5.74) is 4.26. The van der Waals surface area contributed by atoms with Crippen molar-refractivity contribution in [2.24, 2.45) is 0 Å². The molecule has 0 bridgehead atoms. The summed E-state index contributed by atoms with van der Waals surface area (Å²) in [4.78, 5) is 15.1. The zero-order chi connectivity index (χ0) is 22.0. The van der Waals surface area contributed by atoms with Crippen molar-refractivity contribution in [1.82, 2.24) is 0 Å². The van der Waals surface area contributed by atoms with Crippen molar-refractivity contribution in [2.45, 2.75) is 46.1 Å². The van der Waals surface area contributed by atoms with Gasteiger partial charge >= 0.3 is 0 Å². The fourth-order valence-electron chi connectivity index (χ4n) is 3.50. The molecule has 30 heavy (non-hydrogen) atoms. The number of carbonyl (C=O) groups is 1. The molecule has 0 saturated carbocycles. The standard InChI is InChI=1S/C27H39N2O/c1-6-8-19-28(20-9-7-2)26-16-13-23(14-17-26)15-18-27(30)25-12-10-11-24(21-25)22-29(3,4)5/h10-18,21H,6-9,19-20,22H2,1-5H3/q+1. The number of unbranched alkanes of at least 4 members (excludes halogenated alkanes) is 2. The second-order valence-electron chi connectivity index (χ2n) is 9.13. The number of anilines is 1. The first kappa shape index (κ1) is 23.9. The third kappa shape index (κ3) is 8.16. The molecule has 0 unspecified atom stereocenters. The van der Waals surface area contributed by atoms with Crippen molar-refractivity contribution in [3.05, 3.63) is 71.3 Å². The van der Waals surface area contributed by atoms with Crippen LogP contribution in [0.4, 0.5) is 5.69 Å². The monoisotopic (exact) mass is 407 g/mol. The summed E-state index contributed by atoms with van der Waals surface area (Å²) in [6.07, 6.45) is 8.45. The van der Waals surface area contributed by atoms with E-state index in [1.54, 1.807) is 6.08 Å². The summed E-state index contributed by atoms with van der Waals surface area (Å²) in [6.45, 7) is 7.59. The van der Waals surface area contributed by atoms with Crippen LogP contribution in [0.2, 0.25) is 0 Å². The van der Waals surface area contributed by atoms with Crippen LogP contribution in [-0.2, 0) is 6.54 Å². The van der Waals surface area contributed by atoms with Crippen LogP contribution in [0.5, 0.6) is 0 Å². The Hall–Kier alpha value is -2.39. The van der Waals surface area contributed by atoms with E-state index >= 15 is 0 Å². The molecule has 0 fully saturated rings. The van der Waals surface area contributed by atoms with Gasteiger partial charge in [-0.25, -0.2) is 0 Å². The second kappa shape index (κ2) is 11.7. The first-order chi connectivity index (χ1) is 14.3. The molecular weight excluding hydrogens is 368 g/mol. The zero-order valence-corrected chi connectivity index (χ0v) is 19.5. The summed E-state index contributed by atoms with van der Waals surface area (Å²) < 4.78 is 0.841. The largest absolute Gasteiger partial charge is 0.372 e. The van der Waals surface area contributed by atoms with E-state index in [1.165, 1.54) is 36.9 Å². The molecular formula is C27H39N2O+. The minimum absolute atomic E-state index is 0.0508. The van der Waals surface area contributed by atoms with Crippen LogP contribution in [-0.4, -0.2) is 44.5 Å². The van der Waals surface area contributed by atoms with Gasteiger partial charge < -0.3 is 9.38 Å². The number of nitrogens with zero attached hydrogens (tertiary/aromatic N) is 2. The number of quaternary nitrogens is 1. The molecule has 3 heteroatoms. The first-order valence-corrected chi connectivity index (χ1v) is 11.3. The van der Waals surface area contributed by atoms with E-state index in [-0.39, 0.29) is 5.78 Å². The van der Waals surface area contributed by atoms with Gasteiger partial charge in [0.25, 0.3) is 0 Å². The molecule has 2 aromatic carbocycles. The summed E-state index contributed by atoms with van der Waals surface area (Å²) in [5.74, 6) is 0.0508. The third-order valence-corrected chi connectivity index (χ3v) is 5.12. The number of hydrogen-bond acceptors (Lipinski definition) is 2. The predicted molar refractivity (Wildman–Crippen MR) is 130 cm³/mol. The number of ketones is 1. The highest BCUT2D eigenvalue weighted by Gasteiger charge is 2.10. The van der Waals surface area contributed by atoms with E-state index in [0.29, 0.717) is 0 Å². The summed E-state index contributed by atoms with van der Waals surface area (Å²) in [6, 6.07) is 16.5. The van der Waals surface area contributed by atoms with E-state index in [1.807, 2.05) is 24.3 Å². The van der Waals surface area contributed by atoms with Gasteiger partial charge in [0, 0.05) is 29.9 Å². The topological polar surface area (TPSA) is 20.3 Å². The van der Waals surface area contributed by atoms with Crippen LogP contribution in [0.1, 0.15) is 61.0 Å². The lowest BCUT2D eigenvalue weighted by atomic mass is 10.1. The molecule has 0 aliphatic rings. The molecule has 0 saturated heterocycles. The zero-order valence-electron chi connectivity index (χ0n) is 19.5. The van der Waals surface area contributed by atoms with Gasteiger partial charge in [-0.2, -0.15) is 0 Å². The molecule has 0 aliphatic carbocycles. The molecule has 0 aromatic heterocycles. The Morgan fingerprint density at radius 2 is 1.57 bits per heavy atom. The fourth-order valence-corrected chi connectivity index (χ4v) is 3.50. The lowest BCUT2D eigenvalue weighted by Crippen LogP contribution is -2.33. The van der Waals surface area contributed by atoms with Gasteiger partial charge in [-0.1, -0.05) is 63.1 Å². The Balaban J connectivity index is 2.05. The molecule has 0 spiro atoms. The molecule has 0 amide bonds. The summed E-state index contributed by atoms with van der Waals surface area (Å²) >= 11 is 0. The lowest BCUT2D eigenvalue weighted by Gasteiger charge is -2.24. The smallest absolute Gasteiger partial charge is 0.185 e. The maximum atomic E-state index is 12.6. The van der Waals surface area contributed by atoms with E-state index in [0.717, 1.165) is 35.2 Å². The van der Waals surface area contributed by atoms with Gasteiger partial charge in [-0.3, -0.25) is 4.79 Å². The Kier molecular flexibility index (Phi) is 9.32. The van der Waals surface area contributed by atoms with Crippen LogP contribution >= 0.6 is 0 Å². The van der Waals surface area contributed by atoms with Crippen LogP contribution in [0.3, 0.4) is 0 Å². The van der Waals surface area contributed by atoms with Crippen molar-refractivity contribution >= 4 is 17.5 Å². The Bertz CT molecular complexity index is 808. The summed E-state index contributed by atoms with van der Waals surface area (Å²) in [7, 11) is 6.47. The predicted octanol–water partition coefficient (Wildman–Crippen LogP) is 6.20. The van der Waals surface area contributed by atoms with Gasteiger partial charge in [-0.15, -0.1) is 0 Å². The minimum Gasteiger partial charge on any atom is -0.372 e. The first-order valence-electron chi connectivity index (χ1n) is 11.3. The lowest BCUT2D eigenvalue weighted by molar-refractivity contribution is -0.884. The molecule has 0 N–H and O–H groups in total. The highest BCUT2D eigenvalue weighted by molar-refractivity contribution is 6.06. The number of hydrogen-bond donors (Lipinski definition) is 0. The SMILES string of the molecule is CCCCN(CCCC)c1ccc(C=CC(=O)c2cccc(C[N+](C)(C)C)c2)cc1. The van der Waals surface area contributed by atoms with E-state index in [4.69, 9.17) is 0 Å². The maximum absolute atomic E-state index is 12.6. The Labute approximate surface area is 183 Å². The molecule has 0 aliphatic heterocycles. The molecule has 2 aromatic rings. The Morgan fingerprint density at radius 1 is 0.933 bits per heavy atom. The highest BCUT2D eigenvalue weighted by atomic mass is 16.1. The molecule has 2 rings (SSSR count). The van der Waals surface area contributed by atoms with Gasteiger partial charge in [0.15, 0.2) is 5.78 Å². The molecule has 0 atom stereocenters. The number of benzene rings is 2. The van der Waals surface area contributed by atoms with Crippen molar-refractivity contribution < 1.29 is 9.28 Å². The average Bonchev–Trinajstić information content (AvgIpc) is 2.71. The molecule has 162 valence electrons. The van der Waals surface area contributed by atoms with Gasteiger partial charge in [0.1, 0.15) is 6.54 Å². The van der Waals surface area contributed by atoms with Crippen molar-refractivity contribution in [1.29, 1.82) is 0 Å². The summed E-state index contributed by atoms with van der Waals surface area (Å²) in [5, 5.41) is 0. The molecule has 0 radical (unpaired) electrons. The third-order valence-electron chi connectivity index (χ3n) is 5.12. The van der Waals surface area contributed by atoms with Gasteiger partial charge in [0.2, 0.25) is 0 Å². The molecule has 0 heterocycles. The van der Waals surface area contributed by atoms with Crippen molar-refractivity contribution in [2.75, 3.05) is 39.1 Å². The van der Waals surface area contributed by atoms with Crippen LogP contribution < -0.4 is 4.90 Å². The quantitative estimate of drug-likeness (QED) is 0.237. The number of allylic oxidation sites excluding steroid dienone is 1. The minimum atomic E-state index is 0.0508. The second-order valence-corrected chi connectivity index (χ2v) is 9.13. The van der Waals surface area contributed by atoms with E-state index < -0.39 is 0 Å². The van der Waals surface area contributed by atoms with E-state index in [2.05, 4.69) is 70.2 Å². The van der Waals surface area contributed by atoms with Gasteiger partial charge in [-0.05, 0) is 42.7 Å². The van der Waals surface area contributed by atoms with Crippen molar-refractivity contribution in [3.8, 4) is 0 Å². The molecule has 3 nitrogen and oxygen atoms in total. The number of carbonyl (C=O) groups excluding carboxylic acids is 1. The highest BCUT2D eigenvalue weighted by Crippen LogP contribution is 2.18. The van der Waals surface area contributed by atoms with Crippen LogP contribution in [0.25, 0.3) is 6.08 Å². The van der Waals surface area contributed by atoms with Gasteiger partial charge in [0.05, 0.1) is 21.1 Å². The Morgan fingerprint density at radius 3 is 2.13 bits per heavy atom. The normalized spacial score (nSPS) is 11.8. The fraction of sp³-hybridized carbons (Fsp3) is 0.444. The average molecular weight is 408 g/mol. The van der Waals surface area contributed by atoms with Crippen LogP contribution in [0.15, 0.2) is 54.6 Å². The van der Waals surface area contributed by atoms with Crippen LogP contribution in [0, 0.1) is 0 Å².